The van der Waals surface area contributed by atoms with E-state index in [-0.39, 0.29) is 11.7 Å². The topological polar surface area (TPSA) is 45.2 Å². The van der Waals surface area contributed by atoms with Crippen molar-refractivity contribution in [3.05, 3.63) is 69.4 Å². The molecule has 1 amide bonds. The van der Waals surface area contributed by atoms with Crippen LogP contribution in [0.4, 0.5) is 10.1 Å². The third-order valence-electron chi connectivity index (χ3n) is 5.90. The van der Waals surface area contributed by atoms with Crippen LogP contribution in [0.1, 0.15) is 54.0 Å². The standard InChI is InChI=1S/C25H27ClFN3OS/c1-2-3-12-30-13-10-18(11-14-30)25-29-23(16-32-25)24(31)28-22-9-8-20(27)15-21(22)17-4-6-19(26)7-5-17/h4-9,15-16,18H,2-3,10-14H2,1H3,(H,28,31). The quantitative estimate of drug-likeness (QED) is 0.410. The van der Waals surface area contributed by atoms with E-state index >= 15 is 0 Å². The van der Waals surface area contributed by atoms with Gasteiger partial charge in [0, 0.05) is 27.6 Å². The fourth-order valence-corrected chi connectivity index (χ4v) is 5.14. The molecule has 0 atom stereocenters. The molecule has 0 unspecified atom stereocenters. The van der Waals surface area contributed by atoms with E-state index in [1.54, 1.807) is 41.7 Å². The molecular formula is C25H27ClFN3OS. The number of aromatic nitrogens is 1. The minimum absolute atomic E-state index is 0.283. The Kier molecular flexibility index (Phi) is 7.55. The van der Waals surface area contributed by atoms with Crippen LogP contribution in [0.15, 0.2) is 47.8 Å². The number of carbonyl (C=O) groups excluding carboxylic acids is 1. The molecule has 1 saturated heterocycles. The maximum absolute atomic E-state index is 13.9. The molecule has 0 spiro atoms. The molecule has 0 saturated carbocycles. The van der Waals surface area contributed by atoms with Gasteiger partial charge in [-0.05, 0) is 74.8 Å². The molecule has 2 aromatic carbocycles. The largest absolute Gasteiger partial charge is 0.320 e. The van der Waals surface area contributed by atoms with E-state index in [0.717, 1.165) is 36.5 Å². The number of carbonyl (C=O) groups is 1. The van der Waals surface area contributed by atoms with E-state index in [0.29, 0.717) is 27.9 Å². The molecule has 1 aromatic heterocycles. The molecule has 1 fully saturated rings. The summed E-state index contributed by atoms with van der Waals surface area (Å²) in [6, 6.07) is 11.4. The Hall–Kier alpha value is -2.28. The number of unbranched alkanes of at least 4 members (excludes halogenated alkanes) is 1. The van der Waals surface area contributed by atoms with Gasteiger partial charge >= 0.3 is 0 Å². The maximum Gasteiger partial charge on any atom is 0.275 e. The number of halogens is 2. The molecule has 2 heterocycles. The summed E-state index contributed by atoms with van der Waals surface area (Å²) in [6.45, 7) is 5.57. The fourth-order valence-electron chi connectivity index (χ4n) is 4.04. The second kappa shape index (κ2) is 10.6. The highest BCUT2D eigenvalue weighted by Crippen LogP contribution is 2.32. The van der Waals surface area contributed by atoms with Gasteiger partial charge in [0.15, 0.2) is 0 Å². The summed E-state index contributed by atoms with van der Waals surface area (Å²) in [4.78, 5) is 20.1. The average molecular weight is 472 g/mol. The van der Waals surface area contributed by atoms with Crippen molar-refractivity contribution < 1.29 is 9.18 Å². The van der Waals surface area contributed by atoms with Crippen molar-refractivity contribution >= 4 is 34.5 Å². The molecule has 0 bridgehead atoms. The lowest BCUT2D eigenvalue weighted by atomic mass is 9.97. The molecule has 0 radical (unpaired) electrons. The predicted molar refractivity (Wildman–Crippen MR) is 130 cm³/mol. The molecule has 0 aliphatic carbocycles. The number of nitrogens with one attached hydrogen (secondary N) is 1. The van der Waals surface area contributed by atoms with Crippen molar-refractivity contribution in [1.29, 1.82) is 0 Å². The summed E-state index contributed by atoms with van der Waals surface area (Å²) in [5, 5.41) is 6.36. The number of likely N-dealkylation sites (tertiary alicyclic amines) is 1. The Labute approximate surface area is 197 Å². The second-order valence-corrected chi connectivity index (χ2v) is 9.52. The van der Waals surface area contributed by atoms with Crippen LogP contribution >= 0.6 is 22.9 Å². The van der Waals surface area contributed by atoms with Gasteiger partial charge in [0.2, 0.25) is 0 Å². The highest BCUT2D eigenvalue weighted by atomic mass is 35.5. The Morgan fingerprint density at radius 1 is 1.22 bits per heavy atom. The van der Waals surface area contributed by atoms with Crippen molar-refractivity contribution in [1.82, 2.24) is 9.88 Å². The number of piperidine rings is 1. The van der Waals surface area contributed by atoms with Crippen LogP contribution in [0, 0.1) is 5.82 Å². The number of benzene rings is 2. The van der Waals surface area contributed by atoms with Crippen molar-refractivity contribution in [2.45, 2.75) is 38.5 Å². The molecule has 4 nitrogen and oxygen atoms in total. The summed E-state index contributed by atoms with van der Waals surface area (Å²) in [6.07, 6.45) is 4.63. The molecule has 32 heavy (non-hydrogen) atoms. The summed E-state index contributed by atoms with van der Waals surface area (Å²) in [5.74, 6) is -0.237. The summed E-state index contributed by atoms with van der Waals surface area (Å²) in [5.41, 5.74) is 2.32. The molecule has 4 rings (SSSR count). The van der Waals surface area contributed by atoms with Gasteiger partial charge in [-0.2, -0.15) is 0 Å². The van der Waals surface area contributed by atoms with E-state index < -0.39 is 0 Å². The number of anilines is 1. The van der Waals surface area contributed by atoms with Crippen LogP contribution in [0.5, 0.6) is 0 Å². The van der Waals surface area contributed by atoms with Crippen LogP contribution in [0.3, 0.4) is 0 Å². The van der Waals surface area contributed by atoms with E-state index in [4.69, 9.17) is 11.6 Å². The lowest BCUT2D eigenvalue weighted by molar-refractivity contribution is 0.102. The Balaban J connectivity index is 1.45. The Morgan fingerprint density at radius 2 is 1.97 bits per heavy atom. The number of thiazole rings is 1. The van der Waals surface area contributed by atoms with Crippen LogP contribution in [-0.2, 0) is 0 Å². The fraction of sp³-hybridized carbons (Fsp3) is 0.360. The third-order valence-corrected chi connectivity index (χ3v) is 7.16. The van der Waals surface area contributed by atoms with Gasteiger partial charge in [0.1, 0.15) is 11.5 Å². The zero-order valence-electron chi connectivity index (χ0n) is 18.1. The van der Waals surface area contributed by atoms with Gasteiger partial charge in [-0.1, -0.05) is 37.1 Å². The monoisotopic (exact) mass is 471 g/mol. The van der Waals surface area contributed by atoms with E-state index in [1.165, 1.54) is 31.5 Å². The minimum Gasteiger partial charge on any atom is -0.320 e. The zero-order chi connectivity index (χ0) is 22.5. The van der Waals surface area contributed by atoms with Gasteiger partial charge in [-0.15, -0.1) is 11.3 Å². The van der Waals surface area contributed by atoms with Crippen molar-refractivity contribution in [2.75, 3.05) is 25.0 Å². The van der Waals surface area contributed by atoms with Gasteiger partial charge < -0.3 is 10.2 Å². The summed E-state index contributed by atoms with van der Waals surface area (Å²) >= 11 is 7.53. The van der Waals surface area contributed by atoms with E-state index in [9.17, 15) is 9.18 Å². The van der Waals surface area contributed by atoms with Crippen molar-refractivity contribution in [2.24, 2.45) is 0 Å². The zero-order valence-corrected chi connectivity index (χ0v) is 19.7. The predicted octanol–water partition coefficient (Wildman–Crippen LogP) is 6.83. The van der Waals surface area contributed by atoms with Crippen LogP contribution < -0.4 is 5.32 Å². The minimum atomic E-state index is -0.367. The SMILES string of the molecule is CCCCN1CCC(c2nc(C(=O)Nc3ccc(F)cc3-c3ccc(Cl)cc3)cs2)CC1. The molecule has 1 aliphatic rings. The molecule has 7 heteroatoms. The normalized spacial score (nSPS) is 15.1. The van der Waals surface area contributed by atoms with E-state index in [1.807, 2.05) is 5.38 Å². The second-order valence-electron chi connectivity index (χ2n) is 8.19. The van der Waals surface area contributed by atoms with Gasteiger partial charge in [0.25, 0.3) is 5.91 Å². The van der Waals surface area contributed by atoms with Crippen LogP contribution in [0.2, 0.25) is 5.02 Å². The first-order chi connectivity index (χ1) is 15.5. The molecule has 1 aliphatic heterocycles. The lowest BCUT2D eigenvalue weighted by Crippen LogP contribution is -2.33. The molecule has 1 N–H and O–H groups in total. The van der Waals surface area contributed by atoms with Crippen LogP contribution in [-0.4, -0.2) is 35.4 Å². The van der Waals surface area contributed by atoms with Gasteiger partial charge in [-0.25, -0.2) is 9.37 Å². The maximum atomic E-state index is 13.9. The number of nitrogens with zero attached hydrogens (tertiary/aromatic N) is 2. The first-order valence-electron chi connectivity index (χ1n) is 11.1. The first kappa shape index (κ1) is 22.9. The summed E-state index contributed by atoms with van der Waals surface area (Å²) < 4.78 is 13.9. The number of hydrogen-bond donors (Lipinski definition) is 1. The third kappa shape index (κ3) is 5.55. The Bertz CT molecular complexity index is 1060. The molecule has 168 valence electrons. The first-order valence-corrected chi connectivity index (χ1v) is 12.3. The average Bonchev–Trinajstić information content (AvgIpc) is 3.30. The molecular weight excluding hydrogens is 445 g/mol. The molecule has 3 aromatic rings. The highest BCUT2D eigenvalue weighted by molar-refractivity contribution is 7.10. The van der Waals surface area contributed by atoms with E-state index in [2.05, 4.69) is 22.1 Å². The lowest BCUT2D eigenvalue weighted by Gasteiger charge is -2.30. The van der Waals surface area contributed by atoms with Crippen molar-refractivity contribution in [3.63, 3.8) is 0 Å². The van der Waals surface area contributed by atoms with Gasteiger partial charge in [-0.3, -0.25) is 4.79 Å². The highest BCUT2D eigenvalue weighted by Gasteiger charge is 2.24. The van der Waals surface area contributed by atoms with Crippen molar-refractivity contribution in [3.8, 4) is 11.1 Å². The number of amides is 1. The Morgan fingerprint density at radius 3 is 2.69 bits per heavy atom. The number of rotatable bonds is 7. The van der Waals surface area contributed by atoms with Gasteiger partial charge in [0.05, 0.1) is 5.01 Å². The smallest absolute Gasteiger partial charge is 0.275 e. The summed E-state index contributed by atoms with van der Waals surface area (Å²) in [7, 11) is 0. The number of hydrogen-bond acceptors (Lipinski definition) is 4. The van der Waals surface area contributed by atoms with Crippen LogP contribution in [0.25, 0.3) is 11.1 Å².